The van der Waals surface area contributed by atoms with E-state index < -0.39 is 27.8 Å². The van der Waals surface area contributed by atoms with Crippen LogP contribution in [0.25, 0.3) is 0 Å². The van der Waals surface area contributed by atoms with Crippen LogP contribution in [0, 0.1) is 5.82 Å². The molecule has 152 valence electrons. The number of nitrogens with zero attached hydrogens (tertiary/aromatic N) is 1. The van der Waals surface area contributed by atoms with Crippen molar-refractivity contribution in [3.63, 3.8) is 0 Å². The maximum Gasteiger partial charge on any atom is 0.244 e. The van der Waals surface area contributed by atoms with Gasteiger partial charge in [0.15, 0.2) is 0 Å². The van der Waals surface area contributed by atoms with Crippen molar-refractivity contribution < 1.29 is 22.3 Å². The second-order valence-corrected chi connectivity index (χ2v) is 8.09. The molecule has 0 radical (unpaired) electrons. The maximum atomic E-state index is 14.2. The molecule has 0 aromatic heterocycles. The number of amides is 1. The Bertz CT molecular complexity index is 901. The molecule has 0 aliphatic heterocycles. The maximum absolute atomic E-state index is 14.2. The topological polar surface area (TPSA) is 75.7 Å². The van der Waals surface area contributed by atoms with Gasteiger partial charge in [0.25, 0.3) is 0 Å². The summed E-state index contributed by atoms with van der Waals surface area (Å²) < 4.78 is 45.1. The summed E-state index contributed by atoms with van der Waals surface area (Å²) in [6.07, 6.45) is 1.15. The molecule has 0 spiro atoms. The Morgan fingerprint density at radius 3 is 2.32 bits per heavy atom. The molecule has 6 nitrogen and oxygen atoms in total. The van der Waals surface area contributed by atoms with Crippen molar-refractivity contribution in [1.82, 2.24) is 5.32 Å². The monoisotopic (exact) mass is 408 g/mol. The van der Waals surface area contributed by atoms with Crippen molar-refractivity contribution in [3.8, 4) is 5.75 Å². The van der Waals surface area contributed by atoms with Crippen LogP contribution < -0.4 is 14.4 Å². The number of sulfonamides is 1. The largest absolute Gasteiger partial charge is 0.494 e. The van der Waals surface area contributed by atoms with Crippen molar-refractivity contribution in [2.45, 2.75) is 32.9 Å². The Morgan fingerprint density at radius 2 is 1.79 bits per heavy atom. The second-order valence-electron chi connectivity index (χ2n) is 6.23. The van der Waals surface area contributed by atoms with Crippen LogP contribution >= 0.6 is 0 Å². The predicted octanol–water partition coefficient (Wildman–Crippen LogP) is 3.09. The van der Waals surface area contributed by atoms with E-state index in [1.807, 2.05) is 19.1 Å². The molecule has 0 bridgehead atoms. The average Bonchev–Trinajstić information content (AvgIpc) is 2.65. The number of rotatable bonds is 9. The highest BCUT2D eigenvalue weighted by Gasteiger charge is 2.32. The van der Waals surface area contributed by atoms with Gasteiger partial charge in [0.2, 0.25) is 15.9 Å². The number of carbonyl (C=O) groups is 1. The SMILES string of the molecule is CCOc1ccc(CNC(=O)[C@@H](CC)N(c2ccccc2F)S(C)(=O)=O)cc1. The van der Waals surface area contributed by atoms with Gasteiger partial charge in [0.05, 0.1) is 18.6 Å². The van der Waals surface area contributed by atoms with E-state index in [1.165, 1.54) is 18.2 Å². The summed E-state index contributed by atoms with van der Waals surface area (Å²) in [6, 6.07) is 11.7. The standard InChI is InChI=1S/C20H25FN2O4S/c1-4-18(23(28(3,25)26)19-9-7-6-8-17(19)21)20(24)22-14-15-10-12-16(13-11-15)27-5-2/h6-13,18H,4-5,14H2,1-3H3,(H,22,24)/t18-/m1/s1. The lowest BCUT2D eigenvalue weighted by Gasteiger charge is -2.30. The van der Waals surface area contributed by atoms with Crippen LogP contribution in [-0.4, -0.2) is 33.2 Å². The first kappa shape index (κ1) is 21.7. The predicted molar refractivity (Wildman–Crippen MR) is 107 cm³/mol. The van der Waals surface area contributed by atoms with Crippen molar-refractivity contribution in [2.24, 2.45) is 0 Å². The van der Waals surface area contributed by atoms with Gasteiger partial charge in [-0.2, -0.15) is 0 Å². The van der Waals surface area contributed by atoms with Crippen LogP contribution in [-0.2, 0) is 21.4 Å². The van der Waals surface area contributed by atoms with Gasteiger partial charge in [-0.05, 0) is 43.2 Å². The molecule has 0 unspecified atom stereocenters. The number of ether oxygens (including phenoxy) is 1. The Hall–Kier alpha value is -2.61. The number of hydrogen-bond donors (Lipinski definition) is 1. The molecule has 0 saturated carbocycles. The van der Waals surface area contributed by atoms with Gasteiger partial charge in [0, 0.05) is 6.54 Å². The lowest BCUT2D eigenvalue weighted by molar-refractivity contribution is -0.122. The summed E-state index contributed by atoms with van der Waals surface area (Å²) in [5.74, 6) is -0.470. The Kier molecular flexibility index (Phi) is 7.39. The van der Waals surface area contributed by atoms with E-state index in [9.17, 15) is 17.6 Å². The normalized spacial score (nSPS) is 12.3. The zero-order valence-electron chi connectivity index (χ0n) is 16.2. The third-order valence-corrected chi connectivity index (χ3v) is 5.29. The minimum absolute atomic E-state index is 0.145. The fourth-order valence-corrected chi connectivity index (χ4v) is 4.06. The summed E-state index contributed by atoms with van der Waals surface area (Å²) in [5.41, 5.74) is 0.691. The fraction of sp³-hybridized carbons (Fsp3) is 0.350. The molecule has 1 N–H and O–H groups in total. The van der Waals surface area contributed by atoms with Gasteiger partial charge >= 0.3 is 0 Å². The van der Waals surface area contributed by atoms with Gasteiger partial charge in [0.1, 0.15) is 17.6 Å². The average molecular weight is 408 g/mol. The van der Waals surface area contributed by atoms with Crippen molar-refractivity contribution >= 4 is 21.6 Å². The third-order valence-electron chi connectivity index (χ3n) is 4.12. The lowest BCUT2D eigenvalue weighted by Crippen LogP contribution is -2.49. The molecule has 2 aromatic carbocycles. The number of nitrogens with one attached hydrogen (secondary N) is 1. The van der Waals surface area contributed by atoms with Crippen LogP contribution in [0.2, 0.25) is 0 Å². The first-order chi connectivity index (χ1) is 13.3. The zero-order valence-corrected chi connectivity index (χ0v) is 17.0. The molecule has 28 heavy (non-hydrogen) atoms. The number of benzene rings is 2. The van der Waals surface area contributed by atoms with E-state index in [0.717, 1.165) is 27.9 Å². The summed E-state index contributed by atoms with van der Waals surface area (Å²) in [6.45, 7) is 4.35. The number of carbonyl (C=O) groups excluding carboxylic acids is 1. The third kappa shape index (κ3) is 5.45. The molecule has 1 amide bonds. The molecule has 1 atom stereocenters. The minimum Gasteiger partial charge on any atom is -0.494 e. The van der Waals surface area contributed by atoms with Gasteiger partial charge < -0.3 is 10.1 Å². The minimum atomic E-state index is -3.88. The molecule has 8 heteroatoms. The molecular formula is C20H25FN2O4S. The highest BCUT2D eigenvalue weighted by molar-refractivity contribution is 7.92. The van der Waals surface area contributed by atoms with Gasteiger partial charge in [-0.1, -0.05) is 31.2 Å². The summed E-state index contributed by atoms with van der Waals surface area (Å²) in [5, 5.41) is 2.73. The molecule has 0 aliphatic rings. The first-order valence-corrected chi connectivity index (χ1v) is 10.9. The Labute approximate surface area is 165 Å². The smallest absolute Gasteiger partial charge is 0.244 e. The van der Waals surface area contributed by atoms with Gasteiger partial charge in [-0.3, -0.25) is 9.10 Å². The molecular weight excluding hydrogens is 383 g/mol. The van der Waals surface area contributed by atoms with E-state index in [1.54, 1.807) is 19.1 Å². The first-order valence-electron chi connectivity index (χ1n) is 9.01. The van der Waals surface area contributed by atoms with Gasteiger partial charge in [-0.15, -0.1) is 0 Å². The molecule has 0 aliphatic carbocycles. The van der Waals surface area contributed by atoms with Crippen LogP contribution in [0.5, 0.6) is 5.75 Å². The number of anilines is 1. The fourth-order valence-electron chi connectivity index (χ4n) is 2.84. The number of hydrogen-bond acceptors (Lipinski definition) is 4. The van der Waals surface area contributed by atoms with E-state index in [2.05, 4.69) is 5.32 Å². The Balaban J connectivity index is 2.19. The van der Waals surface area contributed by atoms with E-state index >= 15 is 0 Å². The van der Waals surface area contributed by atoms with Crippen LogP contribution in [0.4, 0.5) is 10.1 Å². The zero-order chi connectivity index (χ0) is 20.7. The van der Waals surface area contributed by atoms with Crippen LogP contribution in [0.1, 0.15) is 25.8 Å². The lowest BCUT2D eigenvalue weighted by atomic mass is 10.1. The van der Waals surface area contributed by atoms with Crippen molar-refractivity contribution in [3.05, 3.63) is 59.9 Å². The molecule has 2 aromatic rings. The van der Waals surface area contributed by atoms with Crippen LogP contribution in [0.3, 0.4) is 0 Å². The molecule has 0 fully saturated rings. The summed E-state index contributed by atoms with van der Waals surface area (Å²) >= 11 is 0. The number of para-hydroxylation sites is 1. The van der Waals surface area contributed by atoms with Crippen molar-refractivity contribution in [1.29, 1.82) is 0 Å². The van der Waals surface area contributed by atoms with E-state index in [-0.39, 0.29) is 18.7 Å². The number of halogens is 1. The van der Waals surface area contributed by atoms with Gasteiger partial charge in [-0.25, -0.2) is 12.8 Å². The molecule has 2 rings (SSSR count). The highest BCUT2D eigenvalue weighted by atomic mass is 32.2. The highest BCUT2D eigenvalue weighted by Crippen LogP contribution is 2.25. The van der Waals surface area contributed by atoms with Crippen molar-refractivity contribution in [2.75, 3.05) is 17.2 Å². The second kappa shape index (κ2) is 9.54. The Morgan fingerprint density at radius 1 is 1.14 bits per heavy atom. The summed E-state index contributed by atoms with van der Waals surface area (Å²) in [4.78, 5) is 12.7. The van der Waals surface area contributed by atoms with E-state index in [4.69, 9.17) is 4.74 Å². The quantitative estimate of drug-likeness (QED) is 0.692. The summed E-state index contributed by atoms with van der Waals surface area (Å²) in [7, 11) is -3.88. The van der Waals surface area contributed by atoms with Crippen LogP contribution in [0.15, 0.2) is 48.5 Å². The van der Waals surface area contributed by atoms with E-state index in [0.29, 0.717) is 6.61 Å². The molecule has 0 heterocycles. The molecule has 0 saturated heterocycles.